The molecule has 0 aliphatic carbocycles. The van der Waals surface area contributed by atoms with E-state index < -0.39 is 5.41 Å². The Morgan fingerprint density at radius 3 is 2.94 bits per heavy atom. The molecule has 2 aromatic rings. The molecule has 0 unspecified atom stereocenters. The standard InChI is InChI=1S/C12H17N5O/c1-8-6-9-10(14-4-5-17(9)16-8)15-7-12(2,3)11(13)18/h4-6H,7H2,1-3H3,(H2,13,18)(H,14,15). The molecule has 18 heavy (non-hydrogen) atoms. The van der Waals surface area contributed by atoms with Gasteiger partial charge in [-0.05, 0) is 26.8 Å². The van der Waals surface area contributed by atoms with Gasteiger partial charge in [0.05, 0.1) is 11.1 Å². The summed E-state index contributed by atoms with van der Waals surface area (Å²) in [6.45, 7) is 5.94. The fourth-order valence-electron chi connectivity index (χ4n) is 1.57. The lowest BCUT2D eigenvalue weighted by Gasteiger charge is -2.21. The molecule has 2 heterocycles. The van der Waals surface area contributed by atoms with Gasteiger partial charge in [0, 0.05) is 18.9 Å². The van der Waals surface area contributed by atoms with Crippen LogP contribution in [0.2, 0.25) is 0 Å². The number of nitrogens with one attached hydrogen (secondary N) is 1. The zero-order chi connectivity index (χ0) is 13.3. The second kappa shape index (κ2) is 4.29. The Morgan fingerprint density at radius 1 is 1.56 bits per heavy atom. The minimum absolute atomic E-state index is 0.341. The van der Waals surface area contributed by atoms with Gasteiger partial charge in [-0.3, -0.25) is 4.79 Å². The molecule has 2 rings (SSSR count). The number of carbonyl (C=O) groups is 1. The molecule has 0 aliphatic heterocycles. The molecular weight excluding hydrogens is 230 g/mol. The van der Waals surface area contributed by atoms with E-state index in [9.17, 15) is 4.79 Å². The lowest BCUT2D eigenvalue weighted by molar-refractivity contribution is -0.125. The molecule has 0 aromatic carbocycles. The lowest BCUT2D eigenvalue weighted by Crippen LogP contribution is -2.37. The Bertz CT molecular complexity index is 587. The molecule has 1 amide bonds. The fourth-order valence-corrected chi connectivity index (χ4v) is 1.57. The van der Waals surface area contributed by atoms with Crippen molar-refractivity contribution in [1.29, 1.82) is 0 Å². The van der Waals surface area contributed by atoms with Crippen molar-refractivity contribution in [2.24, 2.45) is 11.1 Å². The molecule has 3 N–H and O–H groups in total. The van der Waals surface area contributed by atoms with Crippen LogP contribution in [0, 0.1) is 12.3 Å². The van der Waals surface area contributed by atoms with Crippen molar-refractivity contribution in [3.05, 3.63) is 24.2 Å². The molecule has 0 spiro atoms. The molecule has 0 saturated heterocycles. The summed E-state index contributed by atoms with van der Waals surface area (Å²) in [7, 11) is 0. The molecule has 0 saturated carbocycles. The fraction of sp³-hybridized carbons (Fsp3) is 0.417. The van der Waals surface area contributed by atoms with E-state index in [2.05, 4.69) is 15.4 Å². The van der Waals surface area contributed by atoms with Crippen LogP contribution in [0.4, 0.5) is 5.82 Å². The zero-order valence-electron chi connectivity index (χ0n) is 10.8. The number of primary amides is 1. The molecule has 0 bridgehead atoms. The first-order chi connectivity index (χ1) is 8.40. The Balaban J connectivity index is 2.25. The van der Waals surface area contributed by atoms with Crippen molar-refractivity contribution in [1.82, 2.24) is 14.6 Å². The number of hydrogen-bond donors (Lipinski definition) is 2. The van der Waals surface area contributed by atoms with Crippen molar-refractivity contribution >= 4 is 17.2 Å². The summed E-state index contributed by atoms with van der Waals surface area (Å²) in [5.41, 5.74) is 6.51. The van der Waals surface area contributed by atoms with E-state index in [0.29, 0.717) is 12.4 Å². The van der Waals surface area contributed by atoms with Crippen molar-refractivity contribution < 1.29 is 4.79 Å². The Morgan fingerprint density at radius 2 is 2.28 bits per heavy atom. The average Bonchev–Trinajstić information content (AvgIpc) is 2.66. The van der Waals surface area contributed by atoms with E-state index in [4.69, 9.17) is 5.73 Å². The summed E-state index contributed by atoms with van der Waals surface area (Å²) in [5, 5.41) is 7.45. The van der Waals surface area contributed by atoms with Crippen LogP contribution >= 0.6 is 0 Å². The van der Waals surface area contributed by atoms with Crippen LogP contribution in [-0.4, -0.2) is 27.0 Å². The minimum Gasteiger partial charge on any atom is -0.369 e. The molecule has 6 heteroatoms. The van der Waals surface area contributed by atoms with E-state index in [1.165, 1.54) is 0 Å². The second-order valence-corrected chi connectivity index (χ2v) is 4.99. The maximum Gasteiger partial charge on any atom is 0.224 e. The molecular formula is C12H17N5O. The topological polar surface area (TPSA) is 85.3 Å². The normalized spacial score (nSPS) is 11.7. The van der Waals surface area contributed by atoms with Gasteiger partial charge in [0.15, 0.2) is 5.82 Å². The SMILES string of the molecule is Cc1cc2c(NCC(C)(C)C(N)=O)nccn2n1. The summed E-state index contributed by atoms with van der Waals surface area (Å²) in [6.07, 6.45) is 3.45. The highest BCUT2D eigenvalue weighted by atomic mass is 16.1. The van der Waals surface area contributed by atoms with Crippen LogP contribution in [0.25, 0.3) is 5.52 Å². The molecule has 96 valence electrons. The number of aromatic nitrogens is 3. The number of nitrogens with zero attached hydrogens (tertiary/aromatic N) is 3. The lowest BCUT2D eigenvalue weighted by atomic mass is 9.93. The highest BCUT2D eigenvalue weighted by Gasteiger charge is 2.25. The maximum atomic E-state index is 11.3. The first-order valence-corrected chi connectivity index (χ1v) is 5.75. The number of anilines is 1. The van der Waals surface area contributed by atoms with Crippen molar-refractivity contribution in [3.63, 3.8) is 0 Å². The van der Waals surface area contributed by atoms with Crippen LogP contribution in [0.1, 0.15) is 19.5 Å². The third-order valence-electron chi connectivity index (χ3n) is 2.88. The van der Waals surface area contributed by atoms with E-state index in [1.54, 1.807) is 30.8 Å². The minimum atomic E-state index is -0.621. The van der Waals surface area contributed by atoms with Crippen molar-refractivity contribution in [3.8, 4) is 0 Å². The van der Waals surface area contributed by atoms with Gasteiger partial charge in [0.1, 0.15) is 5.52 Å². The molecule has 0 atom stereocenters. The van der Waals surface area contributed by atoms with Crippen molar-refractivity contribution in [2.75, 3.05) is 11.9 Å². The molecule has 0 aliphatic rings. The monoisotopic (exact) mass is 247 g/mol. The van der Waals surface area contributed by atoms with Gasteiger partial charge in [-0.1, -0.05) is 0 Å². The summed E-state index contributed by atoms with van der Waals surface area (Å²) < 4.78 is 1.75. The zero-order valence-corrected chi connectivity index (χ0v) is 10.8. The van der Waals surface area contributed by atoms with E-state index in [-0.39, 0.29) is 5.91 Å². The van der Waals surface area contributed by atoms with E-state index in [0.717, 1.165) is 11.2 Å². The first kappa shape index (κ1) is 12.3. The van der Waals surface area contributed by atoms with E-state index >= 15 is 0 Å². The van der Waals surface area contributed by atoms with Crippen LogP contribution in [0.3, 0.4) is 0 Å². The van der Waals surface area contributed by atoms with Gasteiger partial charge >= 0.3 is 0 Å². The number of hydrogen-bond acceptors (Lipinski definition) is 4. The van der Waals surface area contributed by atoms with Crippen molar-refractivity contribution in [2.45, 2.75) is 20.8 Å². The smallest absolute Gasteiger partial charge is 0.224 e. The van der Waals surface area contributed by atoms with E-state index in [1.807, 2.05) is 13.0 Å². The highest BCUT2D eigenvalue weighted by molar-refractivity contribution is 5.81. The predicted octanol–water partition coefficient (Wildman–Crippen LogP) is 0.961. The van der Waals surface area contributed by atoms with Gasteiger partial charge in [0.2, 0.25) is 5.91 Å². The summed E-state index contributed by atoms with van der Waals surface area (Å²) in [4.78, 5) is 15.5. The number of amides is 1. The summed E-state index contributed by atoms with van der Waals surface area (Å²) in [6, 6.07) is 1.94. The largest absolute Gasteiger partial charge is 0.369 e. The molecule has 0 radical (unpaired) electrons. The number of fused-ring (bicyclic) bond motifs is 1. The number of aryl methyl sites for hydroxylation is 1. The van der Waals surface area contributed by atoms with Crippen LogP contribution < -0.4 is 11.1 Å². The number of carbonyl (C=O) groups excluding carboxylic acids is 1. The predicted molar refractivity (Wildman–Crippen MR) is 69.2 cm³/mol. The third kappa shape index (κ3) is 2.27. The van der Waals surface area contributed by atoms with Gasteiger partial charge in [-0.15, -0.1) is 0 Å². The number of nitrogens with two attached hydrogens (primary N) is 1. The highest BCUT2D eigenvalue weighted by Crippen LogP contribution is 2.18. The average molecular weight is 247 g/mol. The Kier molecular flexibility index (Phi) is 2.94. The van der Waals surface area contributed by atoms with Gasteiger partial charge in [-0.2, -0.15) is 5.10 Å². The van der Waals surface area contributed by atoms with Crippen LogP contribution in [-0.2, 0) is 4.79 Å². The second-order valence-electron chi connectivity index (χ2n) is 4.99. The summed E-state index contributed by atoms with van der Waals surface area (Å²) in [5.74, 6) is 0.360. The molecule has 0 fully saturated rings. The van der Waals surface area contributed by atoms with Gasteiger partial charge < -0.3 is 11.1 Å². The Hall–Kier alpha value is -2.11. The van der Waals surface area contributed by atoms with Gasteiger partial charge in [0.25, 0.3) is 0 Å². The molecule has 2 aromatic heterocycles. The van der Waals surface area contributed by atoms with Crippen LogP contribution in [0.5, 0.6) is 0 Å². The molecule has 6 nitrogen and oxygen atoms in total. The van der Waals surface area contributed by atoms with Crippen LogP contribution in [0.15, 0.2) is 18.5 Å². The maximum absolute atomic E-state index is 11.3. The number of rotatable bonds is 4. The quantitative estimate of drug-likeness (QED) is 0.842. The Labute approximate surface area is 105 Å². The first-order valence-electron chi connectivity index (χ1n) is 5.75. The third-order valence-corrected chi connectivity index (χ3v) is 2.88. The summed E-state index contributed by atoms with van der Waals surface area (Å²) >= 11 is 0. The van der Waals surface area contributed by atoms with Gasteiger partial charge in [-0.25, -0.2) is 9.50 Å².